The van der Waals surface area contributed by atoms with E-state index in [4.69, 9.17) is 0 Å². The van der Waals surface area contributed by atoms with Gasteiger partial charge in [0.25, 0.3) is 0 Å². The minimum atomic E-state index is -0.312. The lowest BCUT2D eigenvalue weighted by atomic mass is 9.68. The molecule has 1 saturated heterocycles. The first-order chi connectivity index (χ1) is 11.5. The Balaban J connectivity index is 1.77. The minimum Gasteiger partial charge on any atom is -0.355 e. The summed E-state index contributed by atoms with van der Waals surface area (Å²) in [5, 5.41) is 6.77. The van der Waals surface area contributed by atoms with Crippen LogP contribution >= 0.6 is 0 Å². The van der Waals surface area contributed by atoms with Gasteiger partial charge in [-0.05, 0) is 56.7 Å². The second kappa shape index (κ2) is 7.26. The summed E-state index contributed by atoms with van der Waals surface area (Å²) < 4.78 is 0. The van der Waals surface area contributed by atoms with Crippen molar-refractivity contribution in [3.05, 3.63) is 35.4 Å². The number of amides is 1. The lowest BCUT2D eigenvalue weighted by Gasteiger charge is -2.39. The van der Waals surface area contributed by atoms with Crippen LogP contribution in [-0.4, -0.2) is 25.5 Å². The minimum absolute atomic E-state index is 0.239. The first-order valence-electron chi connectivity index (χ1n) is 9.60. The van der Waals surface area contributed by atoms with Crippen LogP contribution in [0.5, 0.6) is 0 Å². The quantitative estimate of drug-likeness (QED) is 0.885. The lowest BCUT2D eigenvalue weighted by molar-refractivity contribution is -0.128. The van der Waals surface area contributed by atoms with Crippen molar-refractivity contribution >= 4 is 5.91 Å². The molecule has 0 spiro atoms. The number of rotatable bonds is 4. The third kappa shape index (κ3) is 3.66. The fourth-order valence-corrected chi connectivity index (χ4v) is 4.41. The summed E-state index contributed by atoms with van der Waals surface area (Å²) in [6, 6.07) is 8.59. The molecule has 3 heteroatoms. The van der Waals surface area contributed by atoms with Gasteiger partial charge in [-0.1, -0.05) is 56.0 Å². The number of hydrogen-bond acceptors (Lipinski definition) is 2. The number of carbonyl (C=O) groups is 1. The number of nitrogens with one attached hydrogen (secondary N) is 2. The molecule has 3 nitrogen and oxygen atoms in total. The SMILES string of the molecule is Cc1cccc(C2(C(=O)NCC3(C)CCNCC3)CCCCC2)c1. The molecule has 1 amide bonds. The second-order valence-electron chi connectivity index (χ2n) is 8.26. The summed E-state index contributed by atoms with van der Waals surface area (Å²) in [7, 11) is 0. The smallest absolute Gasteiger partial charge is 0.230 e. The van der Waals surface area contributed by atoms with E-state index in [-0.39, 0.29) is 16.7 Å². The number of hydrogen-bond donors (Lipinski definition) is 2. The molecule has 0 aromatic heterocycles. The lowest BCUT2D eigenvalue weighted by Crippen LogP contribution is -2.50. The highest BCUT2D eigenvalue weighted by Gasteiger charge is 2.41. The molecular formula is C21H32N2O. The molecule has 1 aliphatic carbocycles. The molecule has 0 bridgehead atoms. The summed E-state index contributed by atoms with van der Waals surface area (Å²) in [5.41, 5.74) is 2.39. The maximum absolute atomic E-state index is 13.3. The molecule has 1 aliphatic heterocycles. The topological polar surface area (TPSA) is 41.1 Å². The van der Waals surface area contributed by atoms with E-state index in [0.29, 0.717) is 0 Å². The highest BCUT2D eigenvalue weighted by atomic mass is 16.2. The van der Waals surface area contributed by atoms with Crippen molar-refractivity contribution in [2.45, 2.75) is 64.2 Å². The van der Waals surface area contributed by atoms with Gasteiger partial charge in [0, 0.05) is 6.54 Å². The number of benzene rings is 1. The maximum atomic E-state index is 13.3. The van der Waals surface area contributed by atoms with Crippen LogP contribution in [0.4, 0.5) is 0 Å². The summed E-state index contributed by atoms with van der Waals surface area (Å²) in [6.07, 6.45) is 7.83. The third-order valence-corrected chi connectivity index (χ3v) is 6.20. The van der Waals surface area contributed by atoms with E-state index in [2.05, 4.69) is 48.7 Å². The molecule has 1 aromatic rings. The van der Waals surface area contributed by atoms with Crippen LogP contribution in [0, 0.1) is 12.3 Å². The summed E-state index contributed by atoms with van der Waals surface area (Å²) in [6.45, 7) is 7.37. The van der Waals surface area contributed by atoms with Gasteiger partial charge < -0.3 is 10.6 Å². The van der Waals surface area contributed by atoms with Crippen molar-refractivity contribution in [3.8, 4) is 0 Å². The predicted octanol–water partition coefficient (Wildman–Crippen LogP) is 3.70. The second-order valence-corrected chi connectivity index (χ2v) is 8.26. The molecule has 0 unspecified atom stereocenters. The zero-order valence-corrected chi connectivity index (χ0v) is 15.3. The van der Waals surface area contributed by atoms with Crippen molar-refractivity contribution in [1.29, 1.82) is 0 Å². The van der Waals surface area contributed by atoms with E-state index < -0.39 is 0 Å². The fraction of sp³-hybridized carbons (Fsp3) is 0.667. The molecule has 1 heterocycles. The molecule has 1 saturated carbocycles. The van der Waals surface area contributed by atoms with E-state index in [9.17, 15) is 4.79 Å². The Labute approximate surface area is 146 Å². The largest absolute Gasteiger partial charge is 0.355 e. The van der Waals surface area contributed by atoms with Crippen LogP contribution in [0.25, 0.3) is 0 Å². The van der Waals surface area contributed by atoms with E-state index in [1.807, 2.05) is 0 Å². The maximum Gasteiger partial charge on any atom is 0.230 e. The van der Waals surface area contributed by atoms with Gasteiger partial charge in [0.1, 0.15) is 0 Å². The fourth-order valence-electron chi connectivity index (χ4n) is 4.41. The molecule has 1 aromatic carbocycles. The standard InChI is InChI=1S/C21H32N2O/c1-17-7-6-8-18(15-17)21(9-4-3-5-10-21)19(24)23-16-20(2)11-13-22-14-12-20/h6-8,15,22H,3-5,9-14,16H2,1-2H3,(H,23,24). The zero-order chi connectivity index (χ0) is 17.0. The average Bonchev–Trinajstić information content (AvgIpc) is 2.61. The highest BCUT2D eigenvalue weighted by molar-refractivity contribution is 5.88. The first-order valence-corrected chi connectivity index (χ1v) is 9.60. The Morgan fingerprint density at radius 1 is 1.12 bits per heavy atom. The normalized spacial score (nSPS) is 22.8. The molecular weight excluding hydrogens is 296 g/mol. The Kier molecular flexibility index (Phi) is 5.29. The van der Waals surface area contributed by atoms with Gasteiger partial charge in [-0.3, -0.25) is 4.79 Å². The first kappa shape index (κ1) is 17.5. The van der Waals surface area contributed by atoms with Gasteiger partial charge in [-0.15, -0.1) is 0 Å². The van der Waals surface area contributed by atoms with Crippen molar-refractivity contribution in [1.82, 2.24) is 10.6 Å². The molecule has 2 aliphatic rings. The van der Waals surface area contributed by atoms with Gasteiger partial charge in [0.2, 0.25) is 5.91 Å². The van der Waals surface area contributed by atoms with Crippen molar-refractivity contribution < 1.29 is 4.79 Å². The Morgan fingerprint density at radius 2 is 1.83 bits per heavy atom. The highest BCUT2D eigenvalue weighted by Crippen LogP contribution is 2.40. The number of aryl methyl sites for hydroxylation is 1. The summed E-state index contributed by atoms with van der Waals surface area (Å²) in [4.78, 5) is 13.3. The van der Waals surface area contributed by atoms with Gasteiger partial charge in [-0.2, -0.15) is 0 Å². The molecule has 0 radical (unpaired) electrons. The molecule has 24 heavy (non-hydrogen) atoms. The third-order valence-electron chi connectivity index (χ3n) is 6.20. The van der Waals surface area contributed by atoms with E-state index in [1.165, 1.54) is 17.5 Å². The monoisotopic (exact) mass is 328 g/mol. The Bertz CT molecular complexity index is 569. The summed E-state index contributed by atoms with van der Waals surface area (Å²) >= 11 is 0. The average molecular weight is 329 g/mol. The van der Waals surface area contributed by atoms with Gasteiger partial charge in [-0.25, -0.2) is 0 Å². The predicted molar refractivity (Wildman–Crippen MR) is 99.2 cm³/mol. The van der Waals surface area contributed by atoms with Gasteiger partial charge in [0.15, 0.2) is 0 Å². The van der Waals surface area contributed by atoms with Crippen LogP contribution < -0.4 is 10.6 Å². The molecule has 2 fully saturated rings. The van der Waals surface area contributed by atoms with Gasteiger partial charge in [0.05, 0.1) is 5.41 Å². The molecule has 3 rings (SSSR count). The van der Waals surface area contributed by atoms with Crippen molar-refractivity contribution in [2.75, 3.05) is 19.6 Å². The van der Waals surface area contributed by atoms with E-state index in [0.717, 1.165) is 58.2 Å². The molecule has 0 atom stereocenters. The van der Waals surface area contributed by atoms with Crippen LogP contribution in [0.2, 0.25) is 0 Å². The van der Waals surface area contributed by atoms with Crippen molar-refractivity contribution in [2.24, 2.45) is 5.41 Å². The number of carbonyl (C=O) groups excluding carboxylic acids is 1. The van der Waals surface area contributed by atoms with Crippen LogP contribution in [0.15, 0.2) is 24.3 Å². The summed E-state index contributed by atoms with van der Waals surface area (Å²) in [5.74, 6) is 0.257. The van der Waals surface area contributed by atoms with Crippen molar-refractivity contribution in [3.63, 3.8) is 0 Å². The zero-order valence-electron chi connectivity index (χ0n) is 15.3. The van der Waals surface area contributed by atoms with E-state index >= 15 is 0 Å². The van der Waals surface area contributed by atoms with Crippen LogP contribution in [0.3, 0.4) is 0 Å². The number of piperidine rings is 1. The van der Waals surface area contributed by atoms with Crippen LogP contribution in [0.1, 0.15) is 63.0 Å². The van der Waals surface area contributed by atoms with Gasteiger partial charge >= 0.3 is 0 Å². The van der Waals surface area contributed by atoms with Crippen LogP contribution in [-0.2, 0) is 10.2 Å². The Morgan fingerprint density at radius 3 is 2.50 bits per heavy atom. The van der Waals surface area contributed by atoms with E-state index in [1.54, 1.807) is 0 Å². The Hall–Kier alpha value is -1.35. The molecule has 2 N–H and O–H groups in total. The molecule has 132 valence electrons.